The summed E-state index contributed by atoms with van der Waals surface area (Å²) in [6, 6.07) is 0. The van der Waals surface area contributed by atoms with Gasteiger partial charge in [-0.3, -0.25) is 4.84 Å². The number of hydrogen-bond acceptors (Lipinski definition) is 6. The van der Waals surface area contributed by atoms with Gasteiger partial charge in [0, 0.05) is 6.08 Å². The summed E-state index contributed by atoms with van der Waals surface area (Å²) in [7, 11) is 0. The van der Waals surface area contributed by atoms with Gasteiger partial charge in [0.25, 0.3) is 0 Å². The predicted octanol–water partition coefficient (Wildman–Crippen LogP) is 5.27. The molecule has 5 N–H and O–H groups in total. The maximum atomic E-state index is 11.4. The molecule has 0 saturated heterocycles. The van der Waals surface area contributed by atoms with Gasteiger partial charge in [-0.05, 0) is 56.6 Å². The Bertz CT molecular complexity index is 627. The zero-order valence-corrected chi connectivity index (χ0v) is 19.1. The van der Waals surface area contributed by atoms with Crippen molar-refractivity contribution in [3.63, 3.8) is 0 Å². The van der Waals surface area contributed by atoms with Crippen LogP contribution in [0.4, 0.5) is 0 Å². The molecule has 1 rings (SSSR count). The van der Waals surface area contributed by atoms with E-state index >= 15 is 0 Å². The van der Waals surface area contributed by atoms with E-state index in [9.17, 15) is 4.79 Å². The monoisotopic (exact) mass is 408 g/mol. The number of carbonyl (C=O) groups is 1. The molecule has 0 saturated carbocycles. The molecule has 1 aliphatic rings. The molecule has 0 heterocycles. The van der Waals surface area contributed by atoms with E-state index in [0.29, 0.717) is 0 Å². The highest BCUT2D eigenvalue weighted by atomic mass is 16.7. The van der Waals surface area contributed by atoms with E-state index in [1.54, 1.807) is 0 Å². The second kappa shape index (κ2) is 16.9. The van der Waals surface area contributed by atoms with E-state index < -0.39 is 5.97 Å². The van der Waals surface area contributed by atoms with Gasteiger partial charge in [-0.2, -0.15) is 0 Å². The van der Waals surface area contributed by atoms with Crippen LogP contribution in [-0.2, 0) is 14.4 Å². The minimum absolute atomic E-state index is 0.248. The van der Waals surface area contributed by atoms with E-state index in [-0.39, 0.29) is 12.2 Å². The average molecular weight is 409 g/mol. The fraction of sp³-hybridized carbons (Fsp3) is 0.522. The first-order chi connectivity index (χ1) is 13.8. The van der Waals surface area contributed by atoms with E-state index in [0.717, 1.165) is 11.1 Å². The average Bonchev–Trinajstić information content (AvgIpc) is 2.68. The summed E-state index contributed by atoms with van der Waals surface area (Å²) in [5.74, 6) is 7.82. The van der Waals surface area contributed by atoms with Crippen LogP contribution in [-0.4, -0.2) is 18.0 Å². The van der Waals surface area contributed by atoms with E-state index in [1.165, 1.54) is 36.5 Å². The highest BCUT2D eigenvalue weighted by Crippen LogP contribution is 2.40. The van der Waals surface area contributed by atoms with E-state index in [1.807, 2.05) is 39.0 Å². The topological polar surface area (TPSA) is 108 Å². The normalized spacial score (nSPS) is 16.9. The Morgan fingerprint density at radius 2 is 1.79 bits per heavy atom. The van der Waals surface area contributed by atoms with Crippen LogP contribution in [0.3, 0.4) is 0 Å². The van der Waals surface area contributed by atoms with Crippen molar-refractivity contribution >= 4 is 5.97 Å². The summed E-state index contributed by atoms with van der Waals surface area (Å²) in [5.41, 5.74) is 5.15. The Balaban J connectivity index is 0. The fourth-order valence-corrected chi connectivity index (χ4v) is 3.00. The number of esters is 1. The van der Waals surface area contributed by atoms with Gasteiger partial charge in [-0.15, -0.1) is 0 Å². The Hall–Kier alpha value is -1.99. The number of nitrogens with two attached hydrogens (primary N) is 2. The molecular weight excluding hydrogens is 368 g/mol. The molecule has 0 bridgehead atoms. The molecule has 0 aliphatic heterocycles. The van der Waals surface area contributed by atoms with Crippen molar-refractivity contribution in [1.29, 1.82) is 0 Å². The summed E-state index contributed by atoms with van der Waals surface area (Å²) >= 11 is 0. The van der Waals surface area contributed by atoms with Crippen molar-refractivity contribution in [2.75, 3.05) is 6.79 Å². The van der Waals surface area contributed by atoms with Gasteiger partial charge < -0.3 is 9.94 Å². The summed E-state index contributed by atoms with van der Waals surface area (Å²) in [5, 5.41) is 6.50. The Morgan fingerprint density at radius 3 is 2.34 bits per heavy atom. The van der Waals surface area contributed by atoms with Crippen LogP contribution in [0.15, 0.2) is 58.7 Å². The molecule has 6 nitrogen and oxygen atoms in total. The summed E-state index contributed by atoms with van der Waals surface area (Å²) in [4.78, 5) is 15.6. The van der Waals surface area contributed by atoms with Crippen LogP contribution in [0.5, 0.6) is 0 Å². The number of allylic oxidation sites excluding steroid dienone is 9. The molecule has 0 amide bonds. The minimum atomic E-state index is -0.477. The van der Waals surface area contributed by atoms with Crippen LogP contribution in [0.2, 0.25) is 0 Å². The van der Waals surface area contributed by atoms with Crippen LogP contribution in [0.25, 0.3) is 0 Å². The maximum Gasteiger partial charge on any atom is 0.333 e. The van der Waals surface area contributed by atoms with Crippen LogP contribution in [0, 0.1) is 5.41 Å². The molecule has 0 fully saturated rings. The van der Waals surface area contributed by atoms with Gasteiger partial charge in [0.2, 0.25) is 6.79 Å². The van der Waals surface area contributed by atoms with Crippen LogP contribution >= 0.6 is 0 Å². The summed E-state index contributed by atoms with van der Waals surface area (Å²) < 4.78 is 4.70. The second-order valence-corrected chi connectivity index (χ2v) is 7.17. The van der Waals surface area contributed by atoms with Gasteiger partial charge >= 0.3 is 5.97 Å². The van der Waals surface area contributed by atoms with Crippen molar-refractivity contribution in [2.24, 2.45) is 17.2 Å². The summed E-state index contributed by atoms with van der Waals surface area (Å²) in [6.45, 7) is 14.5. The third-order valence-corrected chi connectivity index (χ3v) is 4.39. The summed E-state index contributed by atoms with van der Waals surface area (Å²) in [6.07, 6.45) is 15.3. The number of hydrogen-bond donors (Lipinski definition) is 3. The third kappa shape index (κ3) is 13.0. The molecule has 1 aliphatic carbocycles. The minimum Gasteiger partial charge on any atom is -0.434 e. The highest BCUT2D eigenvalue weighted by molar-refractivity contribution is 5.83. The largest absolute Gasteiger partial charge is 0.434 e. The third-order valence-electron chi connectivity index (χ3n) is 4.39. The fourth-order valence-electron chi connectivity index (χ4n) is 3.00. The molecule has 29 heavy (non-hydrogen) atoms. The smallest absolute Gasteiger partial charge is 0.333 e. The Labute approximate surface area is 176 Å². The predicted molar refractivity (Wildman–Crippen MR) is 120 cm³/mol. The van der Waals surface area contributed by atoms with Gasteiger partial charge in [0.15, 0.2) is 0 Å². The Morgan fingerprint density at radius 1 is 1.17 bits per heavy atom. The molecule has 166 valence electrons. The van der Waals surface area contributed by atoms with Crippen molar-refractivity contribution in [2.45, 2.75) is 67.7 Å². The highest BCUT2D eigenvalue weighted by Gasteiger charge is 2.26. The van der Waals surface area contributed by atoms with Crippen LogP contribution < -0.4 is 11.8 Å². The molecule has 0 aromatic carbocycles. The molecule has 6 heteroatoms. The lowest BCUT2D eigenvalue weighted by molar-refractivity contribution is -0.150. The second-order valence-electron chi connectivity index (χ2n) is 7.17. The molecule has 0 unspecified atom stereocenters. The lowest BCUT2D eigenvalue weighted by Gasteiger charge is -2.32. The van der Waals surface area contributed by atoms with Crippen molar-refractivity contribution in [1.82, 2.24) is 0 Å². The molecule has 0 aromatic heterocycles. The first kappa shape index (κ1) is 29.2. The van der Waals surface area contributed by atoms with Crippen LogP contribution in [0.1, 0.15) is 67.7 Å². The first-order valence-electron chi connectivity index (χ1n) is 9.92. The maximum absolute atomic E-state index is 11.4. The molecule has 0 aromatic rings. The van der Waals surface area contributed by atoms with Crippen molar-refractivity contribution in [3.05, 3.63) is 58.7 Å². The van der Waals surface area contributed by atoms with Gasteiger partial charge in [-0.25, -0.2) is 16.6 Å². The first-order valence-corrected chi connectivity index (χ1v) is 9.92. The molecular formula is C23H40N2O4. The quantitative estimate of drug-likeness (QED) is 0.174. The zero-order chi connectivity index (χ0) is 22.9. The number of carbonyl (C=O) groups excluding carboxylic acids is 1. The van der Waals surface area contributed by atoms with Crippen molar-refractivity contribution < 1.29 is 19.6 Å². The number of ether oxygens (including phenoxy) is 1. The zero-order valence-electron chi connectivity index (χ0n) is 19.1. The SMILES string of the molecule is CC.CC1=C(/C=C/C(C)=C/C=C/C(C)=C/C(=O)OCON)C(C)(C)CCC1.NO. The van der Waals surface area contributed by atoms with E-state index in [2.05, 4.69) is 50.6 Å². The molecule has 0 radical (unpaired) electrons. The molecule has 0 spiro atoms. The van der Waals surface area contributed by atoms with Gasteiger partial charge in [0.1, 0.15) is 0 Å². The lowest BCUT2D eigenvalue weighted by atomic mass is 9.72. The van der Waals surface area contributed by atoms with Gasteiger partial charge in [0.05, 0.1) is 0 Å². The van der Waals surface area contributed by atoms with E-state index in [4.69, 9.17) is 15.8 Å². The van der Waals surface area contributed by atoms with Gasteiger partial charge in [-0.1, -0.05) is 69.2 Å². The molecule has 0 atom stereocenters. The Kier molecular flexibility index (Phi) is 17.0. The lowest BCUT2D eigenvalue weighted by Crippen LogP contribution is -2.19. The van der Waals surface area contributed by atoms with Crippen molar-refractivity contribution in [3.8, 4) is 0 Å². The standard InChI is InChI=1S/C21H31NO3.C2H6.H3NO/c1-16(8-6-9-17(2)14-20(23)24-15-25-22)11-12-19-18(3)10-7-13-21(19,4)5;2*1-2/h6,8-9,11-12,14H,7,10,13,15,22H2,1-5H3;1-2H3;2H,1H2/b9-6+,12-11+,16-8+,17-14+;;. The number of rotatable bonds is 7.